The molecule has 20 heavy (non-hydrogen) atoms. The van der Waals surface area contributed by atoms with Gasteiger partial charge in [0.15, 0.2) is 0 Å². The predicted molar refractivity (Wildman–Crippen MR) is 79.5 cm³/mol. The van der Waals surface area contributed by atoms with E-state index in [1.54, 1.807) is 18.4 Å². The molecular formula is C12H10Cl2FNO2S2. The number of hydrogen-bond acceptors (Lipinski definition) is 3. The van der Waals surface area contributed by atoms with E-state index in [0.717, 1.165) is 17.4 Å². The van der Waals surface area contributed by atoms with Crippen LogP contribution in [0.2, 0.25) is 10.0 Å². The minimum atomic E-state index is -3.65. The standard InChI is InChI=1S/C12H10Cl2FNO2S2/c1-7(8-5-11(15)10(14)6-9(8)13)16-20(17,18)12-3-2-4-19-12/h2-7,16H,1H3/t7-/m0/s1. The second kappa shape index (κ2) is 5.99. The molecule has 0 aliphatic carbocycles. The number of rotatable bonds is 4. The van der Waals surface area contributed by atoms with Gasteiger partial charge in [0.1, 0.15) is 10.0 Å². The van der Waals surface area contributed by atoms with Crippen LogP contribution in [0.3, 0.4) is 0 Å². The van der Waals surface area contributed by atoms with Gasteiger partial charge in [-0.2, -0.15) is 0 Å². The molecule has 1 aromatic carbocycles. The second-order valence-corrected chi connectivity index (χ2v) is 7.77. The Hall–Kier alpha value is -0.660. The molecule has 0 aliphatic rings. The first-order valence-electron chi connectivity index (χ1n) is 5.51. The fourth-order valence-electron chi connectivity index (χ4n) is 1.64. The van der Waals surface area contributed by atoms with E-state index in [2.05, 4.69) is 4.72 Å². The van der Waals surface area contributed by atoms with Crippen LogP contribution in [-0.4, -0.2) is 8.42 Å². The molecule has 0 unspecified atom stereocenters. The summed E-state index contributed by atoms with van der Waals surface area (Å²) in [5.74, 6) is -0.645. The molecule has 2 aromatic rings. The summed E-state index contributed by atoms with van der Waals surface area (Å²) >= 11 is 12.7. The van der Waals surface area contributed by atoms with Gasteiger partial charge < -0.3 is 0 Å². The maximum atomic E-state index is 13.5. The van der Waals surface area contributed by atoms with Crippen molar-refractivity contribution in [3.63, 3.8) is 0 Å². The van der Waals surface area contributed by atoms with E-state index in [4.69, 9.17) is 23.2 Å². The van der Waals surface area contributed by atoms with E-state index in [-0.39, 0.29) is 14.3 Å². The van der Waals surface area contributed by atoms with Gasteiger partial charge in [-0.25, -0.2) is 17.5 Å². The Labute approximate surface area is 130 Å². The van der Waals surface area contributed by atoms with Crippen LogP contribution in [0.5, 0.6) is 0 Å². The molecule has 0 saturated carbocycles. The topological polar surface area (TPSA) is 46.2 Å². The smallest absolute Gasteiger partial charge is 0.206 e. The van der Waals surface area contributed by atoms with Crippen molar-refractivity contribution in [1.82, 2.24) is 4.72 Å². The number of sulfonamides is 1. The van der Waals surface area contributed by atoms with E-state index in [0.29, 0.717) is 5.56 Å². The number of nitrogens with one attached hydrogen (secondary N) is 1. The first-order chi connectivity index (χ1) is 9.31. The summed E-state index contributed by atoms with van der Waals surface area (Å²) in [4.78, 5) is 0. The van der Waals surface area contributed by atoms with Crippen molar-refractivity contribution < 1.29 is 12.8 Å². The van der Waals surface area contributed by atoms with E-state index >= 15 is 0 Å². The van der Waals surface area contributed by atoms with Crippen LogP contribution in [-0.2, 0) is 10.0 Å². The largest absolute Gasteiger partial charge is 0.250 e. The highest BCUT2D eigenvalue weighted by molar-refractivity contribution is 7.91. The van der Waals surface area contributed by atoms with Gasteiger partial charge in [-0.1, -0.05) is 29.3 Å². The zero-order valence-electron chi connectivity index (χ0n) is 10.2. The number of thiophene rings is 1. The highest BCUT2D eigenvalue weighted by Crippen LogP contribution is 2.29. The highest BCUT2D eigenvalue weighted by atomic mass is 35.5. The van der Waals surface area contributed by atoms with Crippen LogP contribution >= 0.6 is 34.5 Å². The van der Waals surface area contributed by atoms with Crippen LogP contribution in [0, 0.1) is 5.82 Å². The van der Waals surface area contributed by atoms with E-state index in [9.17, 15) is 12.8 Å². The lowest BCUT2D eigenvalue weighted by molar-refractivity contribution is 0.566. The maximum absolute atomic E-state index is 13.5. The lowest BCUT2D eigenvalue weighted by Gasteiger charge is -2.15. The van der Waals surface area contributed by atoms with Crippen LogP contribution in [0.1, 0.15) is 18.5 Å². The summed E-state index contributed by atoms with van der Waals surface area (Å²) in [5.41, 5.74) is 0.327. The van der Waals surface area contributed by atoms with Gasteiger partial charge in [-0.05, 0) is 36.1 Å². The zero-order valence-corrected chi connectivity index (χ0v) is 13.4. The molecule has 0 fully saturated rings. The predicted octanol–water partition coefficient (Wildman–Crippen LogP) is 4.23. The van der Waals surface area contributed by atoms with Crippen LogP contribution in [0.25, 0.3) is 0 Å². The Balaban J connectivity index is 2.29. The zero-order chi connectivity index (χ0) is 14.9. The van der Waals surface area contributed by atoms with Crippen molar-refractivity contribution in [3.05, 3.63) is 51.1 Å². The van der Waals surface area contributed by atoms with E-state index in [1.807, 2.05) is 0 Å². The molecule has 1 atom stereocenters. The van der Waals surface area contributed by atoms with Crippen molar-refractivity contribution in [2.24, 2.45) is 0 Å². The Bertz CT molecular complexity index is 717. The van der Waals surface area contributed by atoms with Crippen LogP contribution in [0.15, 0.2) is 33.9 Å². The van der Waals surface area contributed by atoms with Crippen molar-refractivity contribution in [3.8, 4) is 0 Å². The quantitative estimate of drug-likeness (QED) is 0.835. The lowest BCUT2D eigenvalue weighted by Crippen LogP contribution is -2.26. The van der Waals surface area contributed by atoms with Crippen LogP contribution in [0.4, 0.5) is 4.39 Å². The normalized spacial score (nSPS) is 13.4. The molecule has 8 heteroatoms. The first kappa shape index (κ1) is 15.7. The summed E-state index contributed by atoms with van der Waals surface area (Å²) in [6.07, 6.45) is 0. The first-order valence-corrected chi connectivity index (χ1v) is 8.63. The summed E-state index contributed by atoms with van der Waals surface area (Å²) in [6, 6.07) is 4.83. The third kappa shape index (κ3) is 3.32. The van der Waals surface area contributed by atoms with Crippen molar-refractivity contribution in [1.29, 1.82) is 0 Å². The molecule has 0 amide bonds. The molecule has 108 valence electrons. The lowest BCUT2D eigenvalue weighted by atomic mass is 10.1. The molecule has 0 radical (unpaired) electrons. The van der Waals surface area contributed by atoms with Crippen molar-refractivity contribution in [2.75, 3.05) is 0 Å². The molecule has 0 bridgehead atoms. The summed E-state index contributed by atoms with van der Waals surface area (Å²) < 4.78 is 40.3. The van der Waals surface area contributed by atoms with Gasteiger partial charge >= 0.3 is 0 Å². The van der Waals surface area contributed by atoms with Crippen LogP contribution < -0.4 is 4.72 Å². The number of hydrogen-bond donors (Lipinski definition) is 1. The number of benzene rings is 1. The summed E-state index contributed by atoms with van der Waals surface area (Å²) in [5, 5.41) is 1.76. The summed E-state index contributed by atoms with van der Waals surface area (Å²) in [7, 11) is -3.65. The monoisotopic (exact) mass is 353 g/mol. The van der Waals surface area contributed by atoms with Gasteiger partial charge in [0, 0.05) is 11.1 Å². The minimum Gasteiger partial charge on any atom is -0.206 e. The van der Waals surface area contributed by atoms with E-state index < -0.39 is 21.9 Å². The molecular weight excluding hydrogens is 344 g/mol. The Morgan fingerprint density at radius 2 is 2.00 bits per heavy atom. The van der Waals surface area contributed by atoms with Gasteiger partial charge in [0.2, 0.25) is 0 Å². The van der Waals surface area contributed by atoms with Gasteiger partial charge in [0.25, 0.3) is 10.0 Å². The Morgan fingerprint density at radius 3 is 2.60 bits per heavy atom. The second-order valence-electron chi connectivity index (χ2n) is 4.06. The molecule has 0 spiro atoms. The average molecular weight is 354 g/mol. The fourth-order valence-corrected chi connectivity index (χ4v) is 4.42. The van der Waals surface area contributed by atoms with E-state index in [1.165, 1.54) is 12.1 Å². The fraction of sp³-hybridized carbons (Fsp3) is 0.167. The minimum absolute atomic E-state index is 0.105. The Kier molecular flexibility index (Phi) is 4.71. The molecule has 2 rings (SSSR count). The van der Waals surface area contributed by atoms with Crippen molar-refractivity contribution in [2.45, 2.75) is 17.2 Å². The number of halogens is 3. The Morgan fingerprint density at radius 1 is 1.30 bits per heavy atom. The maximum Gasteiger partial charge on any atom is 0.250 e. The van der Waals surface area contributed by atoms with Gasteiger partial charge in [0.05, 0.1) is 5.02 Å². The molecule has 1 N–H and O–H groups in total. The average Bonchev–Trinajstić information content (AvgIpc) is 2.87. The highest BCUT2D eigenvalue weighted by Gasteiger charge is 2.21. The molecule has 1 aromatic heterocycles. The summed E-state index contributed by atoms with van der Waals surface area (Å²) in [6.45, 7) is 1.58. The third-order valence-electron chi connectivity index (χ3n) is 2.60. The molecule has 3 nitrogen and oxygen atoms in total. The van der Waals surface area contributed by atoms with Crippen molar-refractivity contribution >= 4 is 44.6 Å². The molecule has 0 saturated heterocycles. The molecule has 0 aliphatic heterocycles. The molecule has 1 heterocycles. The SMILES string of the molecule is C[C@H](NS(=O)(=O)c1cccs1)c1cc(F)c(Cl)cc1Cl. The van der Waals surface area contributed by atoms with Gasteiger partial charge in [-0.3, -0.25) is 0 Å². The van der Waals surface area contributed by atoms with Gasteiger partial charge in [-0.15, -0.1) is 11.3 Å². The third-order valence-corrected chi connectivity index (χ3v) is 6.15.